The maximum atomic E-state index is 9.25. The molecule has 1 aliphatic rings. The predicted octanol–water partition coefficient (Wildman–Crippen LogP) is 7.42. The molecule has 4 aromatic rings. The van der Waals surface area contributed by atoms with Crippen LogP contribution in [0.3, 0.4) is 0 Å². The van der Waals surface area contributed by atoms with E-state index in [0.717, 1.165) is 54.2 Å². The second-order valence-electron chi connectivity index (χ2n) is 10.7. The highest BCUT2D eigenvalue weighted by atomic mass is 35.5. The van der Waals surface area contributed by atoms with Crippen LogP contribution in [0.4, 0.5) is 11.4 Å². The van der Waals surface area contributed by atoms with E-state index in [1.165, 1.54) is 0 Å². The van der Waals surface area contributed by atoms with Gasteiger partial charge in [-0.3, -0.25) is 0 Å². The molecule has 0 aliphatic carbocycles. The number of nitriles is 1. The minimum absolute atomic E-state index is 0.160. The van der Waals surface area contributed by atoms with Crippen LogP contribution < -0.4 is 14.4 Å². The van der Waals surface area contributed by atoms with Gasteiger partial charge in [0.05, 0.1) is 36.9 Å². The van der Waals surface area contributed by atoms with Crippen LogP contribution in [-0.4, -0.2) is 53.1 Å². The first-order valence-electron chi connectivity index (χ1n) is 14.9. The monoisotopic (exact) mass is 609 g/mol. The Bertz CT molecular complexity index is 1650. The molecule has 0 fully saturated rings. The van der Waals surface area contributed by atoms with Crippen LogP contribution in [0.2, 0.25) is 5.02 Å². The summed E-state index contributed by atoms with van der Waals surface area (Å²) in [5.74, 6) is 3.13. The Morgan fingerprint density at radius 3 is 2.41 bits per heavy atom. The van der Waals surface area contributed by atoms with Crippen LogP contribution in [0.25, 0.3) is 0 Å². The van der Waals surface area contributed by atoms with E-state index < -0.39 is 0 Å². The van der Waals surface area contributed by atoms with Gasteiger partial charge >= 0.3 is 0 Å². The minimum Gasteiger partial charge on any atom is -0.497 e. The summed E-state index contributed by atoms with van der Waals surface area (Å²) in [5, 5.41) is 19.1. The lowest BCUT2D eigenvalue weighted by Gasteiger charge is -2.24. The van der Waals surface area contributed by atoms with Crippen molar-refractivity contribution in [3.05, 3.63) is 95.0 Å². The van der Waals surface area contributed by atoms with Crippen LogP contribution in [-0.2, 0) is 0 Å². The van der Waals surface area contributed by atoms with Crippen molar-refractivity contribution in [2.75, 3.05) is 31.7 Å². The van der Waals surface area contributed by atoms with Crippen molar-refractivity contribution in [3.8, 4) is 17.6 Å². The maximum Gasteiger partial charge on any atom is 0.204 e. The number of methoxy groups -OCH3 is 1. The standard InChI is InChI=1S/C34H36ClN7O2/c1-24(2)33-38-34-32(31(39-42(34)40-33)29-10-5-6-11-30(29)35)37-25-12-14-26(15-13-25)41(22-9-20-36)21-7-4-8-23-44-28-18-16-27(43-3)17-19-28/h5-6,10-19,24H,4,7-9,21-23H2,1-3H3. The van der Waals surface area contributed by atoms with Gasteiger partial charge in [-0.05, 0) is 73.9 Å². The molecule has 0 saturated carbocycles. The van der Waals surface area contributed by atoms with E-state index in [-0.39, 0.29) is 5.92 Å². The number of anilines is 1. The van der Waals surface area contributed by atoms with E-state index >= 15 is 0 Å². The molecule has 2 heterocycles. The molecule has 5 rings (SSSR count). The maximum absolute atomic E-state index is 9.25. The Labute approximate surface area is 263 Å². The lowest BCUT2D eigenvalue weighted by atomic mass is 10.1. The lowest BCUT2D eigenvalue weighted by molar-refractivity contribution is 0.305. The summed E-state index contributed by atoms with van der Waals surface area (Å²) in [5.41, 5.74) is 3.86. The van der Waals surface area contributed by atoms with Crippen LogP contribution >= 0.6 is 11.6 Å². The molecule has 0 radical (unpaired) electrons. The summed E-state index contributed by atoms with van der Waals surface area (Å²) in [7, 11) is 1.65. The van der Waals surface area contributed by atoms with Gasteiger partial charge in [-0.25, -0.2) is 9.98 Å². The molecular weight excluding hydrogens is 574 g/mol. The Kier molecular flexibility index (Phi) is 10.3. The third-order valence-corrected chi connectivity index (χ3v) is 7.56. The third-order valence-electron chi connectivity index (χ3n) is 7.23. The average molecular weight is 610 g/mol. The summed E-state index contributed by atoms with van der Waals surface area (Å²) in [6, 6.07) is 25.5. The van der Waals surface area contributed by atoms with E-state index in [2.05, 4.69) is 28.2 Å². The van der Waals surface area contributed by atoms with Crippen molar-refractivity contribution < 1.29 is 9.47 Å². The molecule has 0 bridgehead atoms. The first-order valence-corrected chi connectivity index (χ1v) is 15.2. The molecule has 0 N–H and O–H groups in total. The van der Waals surface area contributed by atoms with Gasteiger partial charge in [0.2, 0.25) is 5.82 Å². The van der Waals surface area contributed by atoms with Crippen molar-refractivity contribution in [1.29, 1.82) is 5.26 Å². The van der Waals surface area contributed by atoms with Crippen LogP contribution in [0, 0.1) is 11.3 Å². The lowest BCUT2D eigenvalue weighted by Crippen LogP contribution is -2.25. The third kappa shape index (κ3) is 7.44. The summed E-state index contributed by atoms with van der Waals surface area (Å²) >= 11 is 6.54. The number of halogens is 1. The topological polar surface area (TPSA) is 101 Å². The Hall–Kier alpha value is -4.68. The molecule has 9 nitrogen and oxygen atoms in total. The Morgan fingerprint density at radius 1 is 0.955 bits per heavy atom. The second-order valence-corrected chi connectivity index (χ2v) is 11.1. The molecular formula is C34H36ClN7O2. The number of aromatic nitrogens is 3. The smallest absolute Gasteiger partial charge is 0.204 e. The summed E-state index contributed by atoms with van der Waals surface area (Å²) in [6.45, 7) is 6.27. The molecule has 44 heavy (non-hydrogen) atoms. The van der Waals surface area contributed by atoms with E-state index in [1.54, 1.807) is 11.9 Å². The molecule has 0 unspecified atom stereocenters. The van der Waals surface area contributed by atoms with E-state index in [4.69, 9.17) is 36.2 Å². The number of nitrogens with zero attached hydrogens (tertiary/aromatic N) is 7. The first kappa shape index (κ1) is 30.8. The second kappa shape index (κ2) is 14.7. The van der Waals surface area contributed by atoms with Gasteiger partial charge in [0.1, 0.15) is 22.9 Å². The number of ether oxygens (including phenoxy) is 2. The normalized spacial score (nSPS) is 13.1. The quantitative estimate of drug-likeness (QED) is 0.138. The fraction of sp³-hybridized carbons (Fsp3) is 0.324. The number of benzene rings is 3. The molecule has 0 atom stereocenters. The highest BCUT2D eigenvalue weighted by Gasteiger charge is 2.30. The van der Waals surface area contributed by atoms with Gasteiger partial charge in [-0.2, -0.15) is 5.26 Å². The number of fused-ring (bicyclic) bond motifs is 1. The fourth-order valence-corrected chi connectivity index (χ4v) is 5.06. The molecule has 0 spiro atoms. The van der Waals surface area contributed by atoms with E-state index in [0.29, 0.717) is 47.7 Å². The largest absolute Gasteiger partial charge is 0.497 e. The van der Waals surface area contributed by atoms with Gasteiger partial charge in [-0.15, -0.1) is 15.0 Å². The Balaban J connectivity index is 1.25. The van der Waals surface area contributed by atoms with Crippen molar-refractivity contribution in [3.63, 3.8) is 0 Å². The average Bonchev–Trinajstić information content (AvgIpc) is 3.61. The fourth-order valence-electron chi connectivity index (χ4n) is 4.83. The molecule has 3 aromatic carbocycles. The molecule has 10 heteroatoms. The molecule has 0 saturated heterocycles. The molecule has 1 aliphatic heterocycles. The van der Waals surface area contributed by atoms with Crippen LogP contribution in [0.15, 0.2) is 82.9 Å². The first-order chi connectivity index (χ1) is 21.5. The molecule has 226 valence electrons. The van der Waals surface area contributed by atoms with E-state index in [1.807, 2.05) is 74.5 Å². The zero-order valence-corrected chi connectivity index (χ0v) is 26.0. The van der Waals surface area contributed by atoms with Gasteiger partial charge < -0.3 is 14.4 Å². The van der Waals surface area contributed by atoms with Gasteiger partial charge in [0, 0.05) is 30.3 Å². The number of hydrogen-bond donors (Lipinski definition) is 0. The number of aliphatic imine (C=N–C) groups is 1. The van der Waals surface area contributed by atoms with Crippen molar-refractivity contribution in [2.24, 2.45) is 10.1 Å². The zero-order valence-electron chi connectivity index (χ0n) is 25.3. The highest BCUT2D eigenvalue weighted by molar-refractivity contribution is 6.56. The zero-order chi connectivity index (χ0) is 30.9. The van der Waals surface area contributed by atoms with Crippen molar-refractivity contribution >= 4 is 34.4 Å². The van der Waals surface area contributed by atoms with Gasteiger partial charge in [0.25, 0.3) is 0 Å². The minimum atomic E-state index is 0.160. The van der Waals surface area contributed by atoms with E-state index in [9.17, 15) is 5.26 Å². The molecule has 0 amide bonds. The predicted molar refractivity (Wildman–Crippen MR) is 175 cm³/mol. The Morgan fingerprint density at radius 2 is 1.70 bits per heavy atom. The number of hydrogen-bond acceptors (Lipinski definition) is 8. The summed E-state index contributed by atoms with van der Waals surface area (Å²) in [6.07, 6.45) is 3.42. The van der Waals surface area contributed by atoms with Crippen molar-refractivity contribution in [1.82, 2.24) is 14.9 Å². The molecule has 1 aromatic heterocycles. The number of rotatable bonds is 14. The summed E-state index contributed by atoms with van der Waals surface area (Å²) in [4.78, 5) is 13.5. The van der Waals surface area contributed by atoms with Crippen LogP contribution in [0.1, 0.15) is 62.7 Å². The summed E-state index contributed by atoms with van der Waals surface area (Å²) < 4.78 is 11.1. The van der Waals surface area contributed by atoms with Crippen LogP contribution in [0.5, 0.6) is 11.5 Å². The highest BCUT2D eigenvalue weighted by Crippen LogP contribution is 2.27. The van der Waals surface area contributed by atoms with Gasteiger partial charge in [0.15, 0.2) is 5.82 Å². The SMILES string of the molecule is COc1ccc(OCCCCCN(CCC#N)c2ccc(N=C3C(c4ccccc4Cl)=Nn4nc(C(C)C)nc43)cc2)cc1. The number of unbranched alkanes of at least 4 members (excludes halogenated alkanes) is 2. The van der Waals surface area contributed by atoms with Crippen molar-refractivity contribution in [2.45, 2.75) is 45.4 Å². The van der Waals surface area contributed by atoms with Gasteiger partial charge in [-0.1, -0.05) is 43.6 Å².